The standard InChI is InChI=1S/C13H18ClNO2/c1-8-6-12(17-5)10(3)9(2)11(8)7-15(4)13(14)16/h6H,7H2,1-5H3. The second-order valence-electron chi connectivity index (χ2n) is 4.23. The summed E-state index contributed by atoms with van der Waals surface area (Å²) in [5.41, 5.74) is 4.48. The van der Waals surface area contributed by atoms with Crippen molar-refractivity contribution >= 4 is 17.0 Å². The van der Waals surface area contributed by atoms with Gasteiger partial charge in [0.25, 0.3) is 0 Å². The Bertz CT molecular complexity index is 444. The normalized spacial score (nSPS) is 10.2. The molecule has 94 valence electrons. The van der Waals surface area contributed by atoms with Gasteiger partial charge in [-0.25, -0.2) is 0 Å². The average molecular weight is 256 g/mol. The lowest BCUT2D eigenvalue weighted by Crippen LogP contribution is -2.21. The van der Waals surface area contributed by atoms with Crippen LogP contribution in [0.3, 0.4) is 0 Å². The van der Waals surface area contributed by atoms with E-state index in [4.69, 9.17) is 16.3 Å². The van der Waals surface area contributed by atoms with Crippen molar-refractivity contribution in [1.29, 1.82) is 0 Å². The number of aryl methyl sites for hydroxylation is 1. The van der Waals surface area contributed by atoms with Gasteiger partial charge in [0.1, 0.15) is 5.75 Å². The molecule has 3 nitrogen and oxygen atoms in total. The molecular weight excluding hydrogens is 238 g/mol. The molecule has 0 heterocycles. The molecule has 0 spiro atoms. The summed E-state index contributed by atoms with van der Waals surface area (Å²) in [6.07, 6.45) is 0. The van der Waals surface area contributed by atoms with Crippen LogP contribution in [0.1, 0.15) is 22.3 Å². The molecular formula is C13H18ClNO2. The van der Waals surface area contributed by atoms with Crippen LogP contribution in [0.15, 0.2) is 6.07 Å². The molecule has 0 radical (unpaired) electrons. The van der Waals surface area contributed by atoms with E-state index in [1.807, 2.05) is 26.8 Å². The van der Waals surface area contributed by atoms with E-state index < -0.39 is 5.37 Å². The molecule has 1 amide bonds. The number of amides is 1. The largest absolute Gasteiger partial charge is 0.496 e. The van der Waals surface area contributed by atoms with Gasteiger partial charge in [0.2, 0.25) is 0 Å². The third kappa shape index (κ3) is 2.91. The maximum atomic E-state index is 11.0. The van der Waals surface area contributed by atoms with Gasteiger partial charge in [-0.05, 0) is 60.7 Å². The minimum atomic E-state index is -0.447. The molecule has 0 unspecified atom stereocenters. The number of ether oxygens (including phenoxy) is 1. The fraction of sp³-hybridized carbons (Fsp3) is 0.462. The highest BCUT2D eigenvalue weighted by atomic mass is 35.5. The van der Waals surface area contributed by atoms with Gasteiger partial charge < -0.3 is 9.64 Å². The fourth-order valence-corrected chi connectivity index (χ4v) is 1.91. The molecule has 0 N–H and O–H groups in total. The summed E-state index contributed by atoms with van der Waals surface area (Å²) in [6, 6.07) is 1.99. The highest BCUT2D eigenvalue weighted by Crippen LogP contribution is 2.28. The number of nitrogens with zero attached hydrogens (tertiary/aromatic N) is 1. The summed E-state index contributed by atoms with van der Waals surface area (Å²) < 4.78 is 5.31. The zero-order valence-electron chi connectivity index (χ0n) is 10.9. The molecule has 0 saturated carbocycles. The number of carbonyl (C=O) groups is 1. The van der Waals surface area contributed by atoms with Gasteiger partial charge in [-0.15, -0.1) is 0 Å². The lowest BCUT2D eigenvalue weighted by Gasteiger charge is -2.20. The predicted octanol–water partition coefficient (Wildman–Crippen LogP) is 3.41. The zero-order chi connectivity index (χ0) is 13.2. The number of hydrogen-bond donors (Lipinski definition) is 0. The number of rotatable bonds is 3. The first-order valence-electron chi connectivity index (χ1n) is 5.42. The van der Waals surface area contributed by atoms with Crippen molar-refractivity contribution in [2.45, 2.75) is 27.3 Å². The molecule has 4 heteroatoms. The second kappa shape index (κ2) is 5.41. The topological polar surface area (TPSA) is 29.5 Å². The number of methoxy groups -OCH3 is 1. The van der Waals surface area contributed by atoms with Gasteiger partial charge in [-0.2, -0.15) is 0 Å². The molecule has 1 rings (SSSR count). The summed E-state index contributed by atoms with van der Waals surface area (Å²) in [5.74, 6) is 0.878. The Labute approximate surface area is 107 Å². The Morgan fingerprint density at radius 3 is 2.41 bits per heavy atom. The predicted molar refractivity (Wildman–Crippen MR) is 69.9 cm³/mol. The molecule has 1 aromatic rings. The number of benzene rings is 1. The van der Waals surface area contributed by atoms with Crippen molar-refractivity contribution in [2.24, 2.45) is 0 Å². The van der Waals surface area contributed by atoms with Crippen LogP contribution < -0.4 is 4.74 Å². The van der Waals surface area contributed by atoms with Crippen LogP contribution in [0.4, 0.5) is 4.79 Å². The third-order valence-corrected chi connectivity index (χ3v) is 3.41. The molecule has 0 aliphatic carbocycles. The first-order valence-corrected chi connectivity index (χ1v) is 5.80. The summed E-state index contributed by atoms with van der Waals surface area (Å²) in [6.45, 7) is 6.58. The van der Waals surface area contributed by atoms with E-state index in [1.165, 1.54) is 4.90 Å². The van der Waals surface area contributed by atoms with Gasteiger partial charge in [0.15, 0.2) is 0 Å². The maximum absolute atomic E-state index is 11.0. The van der Waals surface area contributed by atoms with Crippen molar-refractivity contribution in [1.82, 2.24) is 4.90 Å². The molecule has 0 aliphatic rings. The smallest absolute Gasteiger partial charge is 0.316 e. The second-order valence-corrected chi connectivity index (χ2v) is 4.56. The van der Waals surface area contributed by atoms with Gasteiger partial charge in [0, 0.05) is 13.6 Å². The first-order chi connectivity index (χ1) is 7.88. The van der Waals surface area contributed by atoms with Gasteiger partial charge >= 0.3 is 5.37 Å². The number of halogens is 1. The lowest BCUT2D eigenvalue weighted by atomic mass is 9.97. The third-order valence-electron chi connectivity index (χ3n) is 3.12. The van der Waals surface area contributed by atoms with Crippen molar-refractivity contribution in [3.05, 3.63) is 28.3 Å². The minimum Gasteiger partial charge on any atom is -0.496 e. The molecule has 0 bridgehead atoms. The van der Waals surface area contributed by atoms with Crippen molar-refractivity contribution < 1.29 is 9.53 Å². The van der Waals surface area contributed by atoms with Crippen LogP contribution in [-0.4, -0.2) is 24.4 Å². The molecule has 0 aliphatic heterocycles. The van der Waals surface area contributed by atoms with E-state index in [9.17, 15) is 4.79 Å². The Kier molecular flexibility index (Phi) is 4.40. The van der Waals surface area contributed by atoms with Crippen LogP contribution in [0.25, 0.3) is 0 Å². The van der Waals surface area contributed by atoms with Crippen molar-refractivity contribution in [2.75, 3.05) is 14.2 Å². The van der Waals surface area contributed by atoms with Crippen LogP contribution in [0.5, 0.6) is 5.75 Å². The van der Waals surface area contributed by atoms with E-state index >= 15 is 0 Å². The summed E-state index contributed by atoms with van der Waals surface area (Å²) in [5, 5.41) is -0.447. The molecule has 1 aromatic carbocycles. The summed E-state index contributed by atoms with van der Waals surface area (Å²) >= 11 is 5.44. The molecule has 0 saturated heterocycles. The highest BCUT2D eigenvalue weighted by Gasteiger charge is 2.14. The maximum Gasteiger partial charge on any atom is 0.316 e. The monoisotopic (exact) mass is 255 g/mol. The molecule has 17 heavy (non-hydrogen) atoms. The van der Waals surface area contributed by atoms with Crippen LogP contribution in [0, 0.1) is 20.8 Å². The minimum absolute atomic E-state index is 0.447. The van der Waals surface area contributed by atoms with Gasteiger partial charge in [-0.3, -0.25) is 4.79 Å². The zero-order valence-corrected chi connectivity index (χ0v) is 11.7. The van der Waals surface area contributed by atoms with Crippen LogP contribution in [-0.2, 0) is 6.54 Å². The Hall–Kier alpha value is -1.22. The van der Waals surface area contributed by atoms with E-state index in [0.29, 0.717) is 6.54 Å². The molecule has 0 aromatic heterocycles. The van der Waals surface area contributed by atoms with Crippen molar-refractivity contribution in [3.63, 3.8) is 0 Å². The Morgan fingerprint density at radius 2 is 1.94 bits per heavy atom. The quantitative estimate of drug-likeness (QED) is 0.612. The first kappa shape index (κ1) is 13.8. The van der Waals surface area contributed by atoms with E-state index in [-0.39, 0.29) is 0 Å². The van der Waals surface area contributed by atoms with E-state index in [2.05, 4.69) is 0 Å². The van der Waals surface area contributed by atoms with Crippen LogP contribution >= 0.6 is 11.6 Å². The average Bonchev–Trinajstić information content (AvgIpc) is 2.28. The SMILES string of the molecule is COc1cc(C)c(CN(C)C(=O)Cl)c(C)c1C. The van der Waals surface area contributed by atoms with Crippen LogP contribution in [0.2, 0.25) is 0 Å². The van der Waals surface area contributed by atoms with Gasteiger partial charge in [0.05, 0.1) is 7.11 Å². The lowest BCUT2D eigenvalue weighted by molar-refractivity contribution is 0.230. The summed E-state index contributed by atoms with van der Waals surface area (Å²) in [7, 11) is 3.35. The number of carbonyl (C=O) groups excluding carboxylic acids is 1. The summed E-state index contributed by atoms with van der Waals surface area (Å²) in [4.78, 5) is 12.5. The van der Waals surface area contributed by atoms with Crippen molar-refractivity contribution in [3.8, 4) is 5.75 Å². The Balaban J connectivity index is 3.17. The Morgan fingerprint density at radius 1 is 1.35 bits per heavy atom. The van der Waals surface area contributed by atoms with Gasteiger partial charge in [-0.1, -0.05) is 0 Å². The number of hydrogen-bond acceptors (Lipinski definition) is 2. The van der Waals surface area contributed by atoms with E-state index in [0.717, 1.165) is 28.0 Å². The highest BCUT2D eigenvalue weighted by molar-refractivity contribution is 6.62. The fourth-order valence-electron chi connectivity index (χ4n) is 1.85. The van der Waals surface area contributed by atoms with E-state index in [1.54, 1.807) is 14.2 Å². The molecule has 0 atom stereocenters. The molecule has 0 fully saturated rings.